The molecule has 1 aromatic rings. The maximum Gasteiger partial charge on any atom is 0.333 e. The Balaban J connectivity index is 0.00000387. The summed E-state index contributed by atoms with van der Waals surface area (Å²) in [5, 5.41) is 11.4. The molecule has 2 unspecified atom stereocenters. The van der Waals surface area contributed by atoms with Gasteiger partial charge in [-0.25, -0.2) is 9.59 Å². The predicted molar refractivity (Wildman–Crippen MR) is 156 cm³/mol. The van der Waals surface area contributed by atoms with Gasteiger partial charge in [0.15, 0.2) is 0 Å². The van der Waals surface area contributed by atoms with Crippen molar-refractivity contribution in [1.82, 2.24) is 15.1 Å². The average molecular weight is 694 g/mol. The molecule has 16 heteroatoms. The first-order valence-electron chi connectivity index (χ1n) is 12.5. The molecular weight excluding hydrogens is 664 g/mol. The number of fused-ring (bicyclic) bond motifs is 2. The van der Waals surface area contributed by atoms with Crippen molar-refractivity contribution in [3.05, 3.63) is 29.8 Å². The summed E-state index contributed by atoms with van der Waals surface area (Å²) < 4.78 is 9.18. The Bertz CT molecular complexity index is 1280. The number of nitrogens with two attached hydrogens (primary N) is 1. The van der Waals surface area contributed by atoms with Crippen LogP contribution in [0.1, 0.15) is 39.3 Å². The Kier molecular flexibility index (Phi) is 8.62. The Morgan fingerprint density at radius 1 is 0.976 bits per heavy atom. The molecule has 4 N–H and O–H groups in total. The fourth-order valence-corrected chi connectivity index (χ4v) is 9.43. The number of amides is 3. The smallest absolute Gasteiger partial charge is 0.333 e. The molecule has 4 fully saturated rings. The molecule has 0 saturated carbocycles. The van der Waals surface area contributed by atoms with Gasteiger partial charge in [-0.1, -0.05) is 28.1 Å². The van der Waals surface area contributed by atoms with Crippen LogP contribution in [0, 0.1) is 0 Å². The maximum atomic E-state index is 13.1. The van der Waals surface area contributed by atoms with Crippen molar-refractivity contribution in [2.24, 2.45) is 5.73 Å². The molecule has 4 aliphatic heterocycles. The lowest BCUT2D eigenvalue weighted by atomic mass is 9.95. The number of carbonyl (C=O) groups is 5. The maximum absolute atomic E-state index is 13.1. The summed E-state index contributed by atoms with van der Waals surface area (Å²) in [5.41, 5.74) is 6.50. The number of nitrogens with zero attached hydrogens (tertiary/aromatic N) is 2. The summed E-state index contributed by atoms with van der Waals surface area (Å²) in [4.78, 5) is 66.5. The fourth-order valence-electron chi connectivity index (χ4n) is 5.45. The number of aromatic hydroxyl groups is 1. The van der Waals surface area contributed by atoms with Crippen LogP contribution in [0.5, 0.6) is 5.75 Å². The first kappa shape index (κ1) is 31.7. The quantitative estimate of drug-likeness (QED) is 0.163. The highest BCUT2D eigenvalue weighted by atomic mass is 79.9. The number of phenolic OH excluding ortho intramolecular Hbond substituents is 1. The van der Waals surface area contributed by atoms with Gasteiger partial charge in [-0.2, -0.15) is 0 Å². The van der Waals surface area contributed by atoms with E-state index in [0.29, 0.717) is 5.56 Å². The molecule has 0 aliphatic carbocycles. The lowest BCUT2D eigenvalue weighted by Gasteiger charge is -2.44. The van der Waals surface area contributed by atoms with Crippen molar-refractivity contribution in [2.75, 3.05) is 6.79 Å². The molecule has 7 atom stereocenters. The molecule has 224 valence electrons. The molecule has 4 saturated heterocycles. The van der Waals surface area contributed by atoms with E-state index in [1.54, 1.807) is 13.8 Å². The summed E-state index contributed by atoms with van der Waals surface area (Å²) in [7, 11) is 0. The number of benzene rings is 1. The highest BCUT2D eigenvalue weighted by molar-refractivity contribution is 9.10. The van der Waals surface area contributed by atoms with E-state index in [1.807, 2.05) is 13.8 Å². The first-order valence-corrected chi connectivity index (χ1v) is 15.2. The molecule has 41 heavy (non-hydrogen) atoms. The van der Waals surface area contributed by atoms with Crippen LogP contribution < -0.4 is 11.1 Å². The van der Waals surface area contributed by atoms with Crippen LogP contribution in [-0.2, 0) is 33.4 Å². The highest BCUT2D eigenvalue weighted by Crippen LogP contribution is 2.53. The van der Waals surface area contributed by atoms with E-state index >= 15 is 0 Å². The SMILES string of the molecule is CC1(C)S[C@@H]2C(NC(=O)C(N)c3ccc(O)cc3)C(=O)N2[C@H]1C(=O)OCOC(=O)[C@@H]1N2C(=O)[C@@H](Br)[C@H]2SC1(C)C.Cl. The van der Waals surface area contributed by atoms with Crippen molar-refractivity contribution in [1.29, 1.82) is 0 Å². The van der Waals surface area contributed by atoms with Crippen LogP contribution in [0.15, 0.2) is 24.3 Å². The molecule has 12 nitrogen and oxygen atoms in total. The van der Waals surface area contributed by atoms with E-state index in [4.69, 9.17) is 15.2 Å². The van der Waals surface area contributed by atoms with Gasteiger partial charge in [-0.15, -0.1) is 35.9 Å². The molecule has 3 amide bonds. The number of rotatable bonds is 7. The first-order chi connectivity index (χ1) is 18.7. The number of hydrogen-bond donors (Lipinski definition) is 3. The van der Waals surface area contributed by atoms with E-state index in [2.05, 4.69) is 21.2 Å². The Hall–Kier alpha value is -2.20. The van der Waals surface area contributed by atoms with Crippen molar-refractivity contribution in [2.45, 2.75) is 76.9 Å². The zero-order chi connectivity index (χ0) is 29.3. The lowest BCUT2D eigenvalue weighted by molar-refractivity contribution is -0.181. The molecule has 0 bridgehead atoms. The second kappa shape index (κ2) is 11.1. The van der Waals surface area contributed by atoms with Gasteiger partial charge in [0.25, 0.3) is 0 Å². The lowest BCUT2D eigenvalue weighted by Crippen LogP contribution is -2.71. The van der Waals surface area contributed by atoms with E-state index in [-0.39, 0.29) is 34.3 Å². The van der Waals surface area contributed by atoms with E-state index in [0.717, 1.165) is 0 Å². The Labute approximate surface area is 259 Å². The summed E-state index contributed by atoms with van der Waals surface area (Å²) in [6.45, 7) is 6.60. The highest BCUT2D eigenvalue weighted by Gasteiger charge is 2.65. The van der Waals surface area contributed by atoms with Gasteiger partial charge in [0.05, 0.1) is 0 Å². The van der Waals surface area contributed by atoms with Gasteiger partial charge in [0.1, 0.15) is 45.5 Å². The van der Waals surface area contributed by atoms with Crippen molar-refractivity contribution in [3.8, 4) is 5.75 Å². The van der Waals surface area contributed by atoms with E-state index < -0.39 is 69.6 Å². The number of esters is 2. The normalized spacial score (nSPS) is 31.1. The molecule has 4 aliphatic rings. The molecule has 1 aromatic carbocycles. The number of hydrogen-bond acceptors (Lipinski definition) is 11. The van der Waals surface area contributed by atoms with E-state index in [1.165, 1.54) is 57.6 Å². The molecule has 0 spiro atoms. The zero-order valence-electron chi connectivity index (χ0n) is 22.4. The third kappa shape index (κ3) is 5.28. The number of β-lactam (4-membered cyclic amide) rings is 2. The topological polar surface area (TPSA) is 169 Å². The number of nitrogens with one attached hydrogen (secondary N) is 1. The van der Waals surface area contributed by atoms with Crippen molar-refractivity contribution >= 4 is 81.5 Å². The van der Waals surface area contributed by atoms with Crippen LogP contribution in [-0.4, -0.2) is 94.6 Å². The Morgan fingerprint density at radius 2 is 1.46 bits per heavy atom. The number of ether oxygens (including phenoxy) is 2. The van der Waals surface area contributed by atoms with Gasteiger partial charge in [-0.05, 0) is 45.4 Å². The largest absolute Gasteiger partial charge is 0.508 e. The third-order valence-electron chi connectivity index (χ3n) is 7.50. The minimum Gasteiger partial charge on any atom is -0.508 e. The number of halogens is 2. The monoisotopic (exact) mass is 692 g/mol. The molecular formula is C25H30BrClN4O8S2. The van der Waals surface area contributed by atoms with Gasteiger partial charge in [0, 0.05) is 9.49 Å². The van der Waals surface area contributed by atoms with Gasteiger partial charge < -0.3 is 35.4 Å². The second-order valence-corrected chi connectivity index (χ2v) is 15.5. The summed E-state index contributed by atoms with van der Waals surface area (Å²) in [5.74, 6) is -2.60. The van der Waals surface area contributed by atoms with E-state index in [9.17, 15) is 29.1 Å². The van der Waals surface area contributed by atoms with Gasteiger partial charge in [-0.3, -0.25) is 14.4 Å². The molecule has 0 aromatic heterocycles. The van der Waals surface area contributed by atoms with Crippen LogP contribution in [0.25, 0.3) is 0 Å². The number of thioether (sulfide) groups is 2. The number of phenols is 1. The number of carbonyl (C=O) groups excluding carboxylic acids is 5. The predicted octanol–water partition coefficient (Wildman–Crippen LogP) is 1.23. The zero-order valence-corrected chi connectivity index (χ0v) is 26.5. The summed E-state index contributed by atoms with van der Waals surface area (Å²) in [6.07, 6.45) is 0. The average Bonchev–Trinajstić information content (AvgIpc) is 3.31. The van der Waals surface area contributed by atoms with Crippen LogP contribution in [0.2, 0.25) is 0 Å². The van der Waals surface area contributed by atoms with Crippen LogP contribution in [0.3, 0.4) is 0 Å². The third-order valence-corrected chi connectivity index (χ3v) is 11.9. The second-order valence-electron chi connectivity index (χ2n) is 11.0. The van der Waals surface area contributed by atoms with Crippen LogP contribution >= 0.6 is 51.9 Å². The van der Waals surface area contributed by atoms with Gasteiger partial charge >= 0.3 is 11.9 Å². The van der Waals surface area contributed by atoms with Gasteiger partial charge in [0.2, 0.25) is 24.5 Å². The molecule has 4 heterocycles. The summed E-state index contributed by atoms with van der Waals surface area (Å²) in [6, 6.07) is 2.14. The standard InChI is InChI=1S/C25H29BrN4O8S2.ClH/c1-24(2)15(29-18(33)12(26)20(29)39-24)22(35)37-9-38-23(36)16-25(3,4)40-21-14(19(34)30(16)21)28-17(32)13(27)10-5-7-11(31)8-6-10;/h5-8,12-16,20-21,31H,9,27H2,1-4H3,(H,28,32);1H/t12-,13?,14?,15+,16+,20-,21-;/m1./s1. The van der Waals surface area contributed by atoms with Crippen molar-refractivity contribution in [3.63, 3.8) is 0 Å². The minimum atomic E-state index is -1.05. The van der Waals surface area contributed by atoms with Crippen molar-refractivity contribution < 1.29 is 38.6 Å². The fraction of sp³-hybridized carbons (Fsp3) is 0.560. The molecule has 5 rings (SSSR count). The number of alkyl halides is 1. The molecule has 0 radical (unpaired) electrons. The van der Waals surface area contributed by atoms with Crippen LogP contribution in [0.4, 0.5) is 0 Å². The Morgan fingerprint density at radius 3 is 2.00 bits per heavy atom. The summed E-state index contributed by atoms with van der Waals surface area (Å²) >= 11 is 6.17. The minimum absolute atomic E-state index is 0.